The number of aliphatic carboxylic acids is 1. The van der Waals surface area contributed by atoms with Crippen molar-refractivity contribution in [3.05, 3.63) is 35.9 Å². The number of ether oxygens (including phenoxy) is 1. The first-order valence-corrected chi connectivity index (χ1v) is 6.77. The molecule has 0 saturated carbocycles. The van der Waals surface area contributed by atoms with E-state index in [1.54, 1.807) is 6.92 Å². The maximum absolute atomic E-state index is 11.8. The Bertz CT molecular complexity index is 474. The lowest BCUT2D eigenvalue weighted by atomic mass is 9.96. The van der Waals surface area contributed by atoms with E-state index in [-0.39, 0.29) is 6.61 Å². The number of esters is 1. The molecule has 20 heavy (non-hydrogen) atoms. The second-order valence-corrected chi connectivity index (χ2v) is 4.98. The van der Waals surface area contributed by atoms with Crippen LogP contribution in [0.5, 0.6) is 0 Å². The van der Waals surface area contributed by atoms with Gasteiger partial charge in [0.05, 0.1) is 18.4 Å². The predicted molar refractivity (Wildman–Crippen MR) is 73.0 cm³/mol. The second kappa shape index (κ2) is 6.52. The summed E-state index contributed by atoms with van der Waals surface area (Å²) in [4.78, 5) is 25.1. The largest absolute Gasteiger partial charge is 0.481 e. The monoisotopic (exact) mass is 277 g/mol. The van der Waals surface area contributed by atoms with Crippen LogP contribution < -0.4 is 0 Å². The van der Waals surface area contributed by atoms with E-state index < -0.39 is 23.8 Å². The van der Waals surface area contributed by atoms with Crippen molar-refractivity contribution in [2.75, 3.05) is 19.7 Å². The first kappa shape index (κ1) is 14.5. The minimum Gasteiger partial charge on any atom is -0.481 e. The fraction of sp³-hybridized carbons (Fsp3) is 0.467. The number of rotatable bonds is 5. The first-order chi connectivity index (χ1) is 9.61. The quantitative estimate of drug-likeness (QED) is 0.824. The molecule has 1 aliphatic rings. The number of carboxylic acid groups (broad SMARTS) is 1. The Kier molecular flexibility index (Phi) is 4.74. The lowest BCUT2D eigenvalue weighted by Gasteiger charge is -2.15. The number of nitrogens with zero attached hydrogens (tertiary/aromatic N) is 1. The smallest absolute Gasteiger partial charge is 0.311 e. The fourth-order valence-electron chi connectivity index (χ4n) is 2.59. The highest BCUT2D eigenvalue weighted by Gasteiger charge is 2.42. The zero-order chi connectivity index (χ0) is 14.5. The Morgan fingerprint density at radius 1 is 1.25 bits per heavy atom. The molecule has 5 nitrogen and oxygen atoms in total. The summed E-state index contributed by atoms with van der Waals surface area (Å²) in [5, 5.41) is 9.25. The molecule has 1 aliphatic heterocycles. The summed E-state index contributed by atoms with van der Waals surface area (Å²) in [5.74, 6) is -2.59. The van der Waals surface area contributed by atoms with Crippen molar-refractivity contribution in [3.8, 4) is 0 Å². The molecule has 0 aliphatic carbocycles. The highest BCUT2D eigenvalue weighted by Crippen LogP contribution is 2.26. The Hall–Kier alpha value is -1.88. The Labute approximate surface area is 118 Å². The summed E-state index contributed by atoms with van der Waals surface area (Å²) in [5.41, 5.74) is 1.11. The van der Waals surface area contributed by atoms with Gasteiger partial charge in [0.1, 0.15) is 0 Å². The Morgan fingerprint density at radius 2 is 1.90 bits per heavy atom. The molecule has 1 saturated heterocycles. The van der Waals surface area contributed by atoms with Gasteiger partial charge in [0.15, 0.2) is 0 Å². The lowest BCUT2D eigenvalue weighted by Crippen LogP contribution is -2.29. The van der Waals surface area contributed by atoms with Gasteiger partial charge in [-0.15, -0.1) is 0 Å². The fourth-order valence-corrected chi connectivity index (χ4v) is 2.59. The van der Waals surface area contributed by atoms with Crippen molar-refractivity contribution in [3.63, 3.8) is 0 Å². The summed E-state index contributed by atoms with van der Waals surface area (Å²) in [6, 6.07) is 9.82. The van der Waals surface area contributed by atoms with E-state index in [9.17, 15) is 14.7 Å². The van der Waals surface area contributed by atoms with E-state index in [0.717, 1.165) is 5.56 Å². The van der Waals surface area contributed by atoms with E-state index in [2.05, 4.69) is 0 Å². The van der Waals surface area contributed by atoms with Crippen LogP contribution >= 0.6 is 0 Å². The van der Waals surface area contributed by atoms with Gasteiger partial charge in [0, 0.05) is 19.6 Å². The SMILES string of the molecule is CCOC(=O)[C@H]1CN(Cc2ccccc2)C[C@H]1C(=O)O. The van der Waals surface area contributed by atoms with Crippen LogP contribution in [0.1, 0.15) is 12.5 Å². The van der Waals surface area contributed by atoms with Gasteiger partial charge in [0.2, 0.25) is 0 Å². The molecule has 1 N–H and O–H groups in total. The molecule has 1 fully saturated rings. The van der Waals surface area contributed by atoms with Crippen molar-refractivity contribution in [1.82, 2.24) is 4.90 Å². The first-order valence-electron chi connectivity index (χ1n) is 6.77. The van der Waals surface area contributed by atoms with Crippen LogP contribution in [-0.4, -0.2) is 41.6 Å². The molecule has 0 bridgehead atoms. The molecule has 0 unspecified atom stereocenters. The van der Waals surface area contributed by atoms with Crippen molar-refractivity contribution in [2.24, 2.45) is 11.8 Å². The van der Waals surface area contributed by atoms with Gasteiger partial charge in [0.25, 0.3) is 0 Å². The van der Waals surface area contributed by atoms with E-state index in [4.69, 9.17) is 4.74 Å². The number of carboxylic acids is 1. The van der Waals surface area contributed by atoms with Gasteiger partial charge in [-0.1, -0.05) is 30.3 Å². The molecule has 108 valence electrons. The van der Waals surface area contributed by atoms with Crippen LogP contribution in [0, 0.1) is 11.8 Å². The van der Waals surface area contributed by atoms with Crippen LogP contribution in [0.2, 0.25) is 0 Å². The minimum atomic E-state index is -0.932. The molecular weight excluding hydrogens is 258 g/mol. The zero-order valence-corrected chi connectivity index (χ0v) is 11.5. The van der Waals surface area contributed by atoms with Gasteiger partial charge in [-0.2, -0.15) is 0 Å². The maximum Gasteiger partial charge on any atom is 0.311 e. The van der Waals surface area contributed by atoms with Crippen LogP contribution in [-0.2, 0) is 20.9 Å². The number of hydrogen-bond acceptors (Lipinski definition) is 4. The summed E-state index contributed by atoms with van der Waals surface area (Å²) in [7, 11) is 0. The van der Waals surface area contributed by atoms with Crippen LogP contribution in [0.15, 0.2) is 30.3 Å². The van der Waals surface area contributed by atoms with Crippen LogP contribution in [0.4, 0.5) is 0 Å². The van der Waals surface area contributed by atoms with Crippen molar-refractivity contribution in [1.29, 1.82) is 0 Å². The van der Waals surface area contributed by atoms with Gasteiger partial charge in [-0.25, -0.2) is 0 Å². The van der Waals surface area contributed by atoms with E-state index >= 15 is 0 Å². The third-order valence-corrected chi connectivity index (χ3v) is 3.55. The molecule has 0 spiro atoms. The number of carbonyl (C=O) groups excluding carboxylic acids is 1. The Balaban J connectivity index is 2.04. The minimum absolute atomic E-state index is 0.278. The van der Waals surface area contributed by atoms with Gasteiger partial charge >= 0.3 is 11.9 Å². The molecular formula is C15H19NO4. The van der Waals surface area contributed by atoms with Crippen LogP contribution in [0.25, 0.3) is 0 Å². The van der Waals surface area contributed by atoms with Crippen molar-refractivity contribution in [2.45, 2.75) is 13.5 Å². The van der Waals surface area contributed by atoms with E-state index in [1.165, 1.54) is 0 Å². The highest BCUT2D eigenvalue weighted by molar-refractivity contribution is 5.82. The summed E-state index contributed by atoms with van der Waals surface area (Å²) >= 11 is 0. The standard InChI is InChI=1S/C15H19NO4/c1-2-20-15(19)13-10-16(9-12(13)14(17)18)8-11-6-4-3-5-7-11/h3-7,12-13H,2,8-10H2,1H3,(H,17,18)/t12-,13+/m1/s1. The van der Waals surface area contributed by atoms with Crippen molar-refractivity contribution < 1.29 is 19.4 Å². The maximum atomic E-state index is 11.8. The van der Waals surface area contributed by atoms with E-state index in [1.807, 2.05) is 35.2 Å². The molecule has 2 rings (SSSR count). The number of carbonyl (C=O) groups is 2. The second-order valence-electron chi connectivity index (χ2n) is 4.98. The average Bonchev–Trinajstić information content (AvgIpc) is 2.84. The molecule has 1 aromatic rings. The topological polar surface area (TPSA) is 66.8 Å². The molecule has 0 radical (unpaired) electrons. The predicted octanol–water partition coefficient (Wildman–Crippen LogP) is 1.38. The van der Waals surface area contributed by atoms with Gasteiger partial charge < -0.3 is 9.84 Å². The summed E-state index contributed by atoms with van der Waals surface area (Å²) in [6.07, 6.45) is 0. The molecule has 0 aromatic heterocycles. The number of likely N-dealkylation sites (tertiary alicyclic amines) is 1. The summed E-state index contributed by atoms with van der Waals surface area (Å²) in [6.45, 7) is 3.48. The molecule has 1 aromatic carbocycles. The highest BCUT2D eigenvalue weighted by atomic mass is 16.5. The molecule has 1 heterocycles. The third-order valence-electron chi connectivity index (χ3n) is 3.55. The average molecular weight is 277 g/mol. The summed E-state index contributed by atoms with van der Waals surface area (Å²) < 4.78 is 4.98. The normalized spacial score (nSPS) is 22.6. The molecule has 2 atom stereocenters. The molecule has 5 heteroatoms. The third kappa shape index (κ3) is 3.36. The number of benzene rings is 1. The Morgan fingerprint density at radius 3 is 2.50 bits per heavy atom. The lowest BCUT2D eigenvalue weighted by molar-refractivity contribution is -0.155. The van der Waals surface area contributed by atoms with Crippen LogP contribution in [0.3, 0.4) is 0 Å². The zero-order valence-electron chi connectivity index (χ0n) is 11.5. The van der Waals surface area contributed by atoms with Gasteiger partial charge in [-0.05, 0) is 12.5 Å². The van der Waals surface area contributed by atoms with Crippen molar-refractivity contribution >= 4 is 11.9 Å². The molecule has 0 amide bonds. The van der Waals surface area contributed by atoms with Gasteiger partial charge in [-0.3, -0.25) is 14.5 Å². The van der Waals surface area contributed by atoms with E-state index in [0.29, 0.717) is 19.6 Å². The number of hydrogen-bond donors (Lipinski definition) is 1.